The minimum atomic E-state index is -0.252. The molecule has 0 amide bonds. The Kier molecular flexibility index (Phi) is 5.22. The molecule has 1 aliphatic rings. The Hall–Kier alpha value is -1.13. The second kappa shape index (κ2) is 6.75. The van der Waals surface area contributed by atoms with Gasteiger partial charge in [-0.2, -0.15) is 0 Å². The average Bonchev–Trinajstić information content (AvgIpc) is 2.94. The summed E-state index contributed by atoms with van der Waals surface area (Å²) in [7, 11) is 1.60. The van der Waals surface area contributed by atoms with E-state index in [-0.39, 0.29) is 23.6 Å². The van der Waals surface area contributed by atoms with Crippen LogP contribution in [0.1, 0.15) is 57.6 Å². The van der Waals surface area contributed by atoms with Crippen LogP contribution in [0, 0.1) is 5.82 Å². The summed E-state index contributed by atoms with van der Waals surface area (Å²) in [6, 6.07) is 4.59. The summed E-state index contributed by atoms with van der Waals surface area (Å²) in [5, 5.41) is 0. The van der Waals surface area contributed by atoms with E-state index >= 15 is 0 Å². The number of benzene rings is 1. The third-order valence-electron chi connectivity index (χ3n) is 4.49. The first-order chi connectivity index (χ1) is 9.95. The van der Waals surface area contributed by atoms with Crippen molar-refractivity contribution >= 4 is 0 Å². The van der Waals surface area contributed by atoms with E-state index < -0.39 is 0 Å². The SMILES string of the molecule is CCC(C)(N)CC[C@H]1CCC(c2cc(F)ccc2OC)O1. The summed E-state index contributed by atoms with van der Waals surface area (Å²) in [4.78, 5) is 0. The molecular formula is C17H26FNO2. The van der Waals surface area contributed by atoms with Gasteiger partial charge in [-0.25, -0.2) is 4.39 Å². The van der Waals surface area contributed by atoms with Gasteiger partial charge >= 0.3 is 0 Å². The Balaban J connectivity index is 1.98. The third kappa shape index (κ3) is 4.17. The summed E-state index contributed by atoms with van der Waals surface area (Å²) < 4.78 is 24.9. The van der Waals surface area contributed by atoms with Crippen molar-refractivity contribution in [1.29, 1.82) is 0 Å². The van der Waals surface area contributed by atoms with Gasteiger partial charge in [-0.15, -0.1) is 0 Å². The summed E-state index contributed by atoms with van der Waals surface area (Å²) in [5.74, 6) is 0.442. The van der Waals surface area contributed by atoms with Gasteiger partial charge in [0.1, 0.15) is 11.6 Å². The molecule has 0 aliphatic carbocycles. The maximum atomic E-state index is 13.5. The van der Waals surface area contributed by atoms with Crippen molar-refractivity contribution in [2.75, 3.05) is 7.11 Å². The fourth-order valence-corrected chi connectivity index (χ4v) is 2.77. The maximum Gasteiger partial charge on any atom is 0.124 e. The van der Waals surface area contributed by atoms with Crippen molar-refractivity contribution in [3.05, 3.63) is 29.6 Å². The quantitative estimate of drug-likeness (QED) is 0.864. The van der Waals surface area contributed by atoms with Gasteiger partial charge < -0.3 is 15.2 Å². The van der Waals surface area contributed by atoms with E-state index in [4.69, 9.17) is 15.2 Å². The lowest BCUT2D eigenvalue weighted by atomic mass is 9.92. The van der Waals surface area contributed by atoms with Crippen LogP contribution in [0.25, 0.3) is 0 Å². The lowest BCUT2D eigenvalue weighted by Crippen LogP contribution is -2.36. The smallest absolute Gasteiger partial charge is 0.124 e. The molecule has 1 fully saturated rings. The van der Waals surface area contributed by atoms with Crippen molar-refractivity contribution < 1.29 is 13.9 Å². The predicted molar refractivity (Wildman–Crippen MR) is 81.9 cm³/mol. The van der Waals surface area contributed by atoms with Crippen molar-refractivity contribution in [2.24, 2.45) is 5.73 Å². The van der Waals surface area contributed by atoms with Crippen LogP contribution in [0.4, 0.5) is 4.39 Å². The first kappa shape index (κ1) is 16.2. The Morgan fingerprint density at radius 1 is 1.43 bits per heavy atom. The number of hydrogen-bond donors (Lipinski definition) is 1. The molecule has 1 saturated heterocycles. The van der Waals surface area contributed by atoms with Crippen LogP contribution in [0.2, 0.25) is 0 Å². The zero-order valence-corrected chi connectivity index (χ0v) is 13.2. The summed E-state index contributed by atoms with van der Waals surface area (Å²) in [6.07, 6.45) is 4.88. The predicted octanol–water partition coefficient (Wildman–Crippen LogP) is 3.96. The largest absolute Gasteiger partial charge is 0.496 e. The second-order valence-electron chi connectivity index (χ2n) is 6.26. The molecule has 1 aromatic carbocycles. The Labute approximate surface area is 126 Å². The van der Waals surface area contributed by atoms with Gasteiger partial charge in [-0.05, 0) is 57.2 Å². The Bertz CT molecular complexity index is 476. The minimum absolute atomic E-state index is 0.0775. The van der Waals surface area contributed by atoms with Crippen molar-refractivity contribution in [1.82, 2.24) is 0 Å². The van der Waals surface area contributed by atoms with Gasteiger partial charge in [-0.1, -0.05) is 6.92 Å². The summed E-state index contributed by atoms with van der Waals surface area (Å²) in [6.45, 7) is 4.19. The normalized spacial score (nSPS) is 24.8. The molecule has 118 valence electrons. The van der Waals surface area contributed by atoms with E-state index in [1.807, 2.05) is 0 Å². The van der Waals surface area contributed by atoms with E-state index in [0.717, 1.165) is 37.7 Å². The molecule has 2 unspecified atom stereocenters. The molecule has 1 aliphatic heterocycles. The number of halogens is 1. The Morgan fingerprint density at radius 2 is 2.19 bits per heavy atom. The van der Waals surface area contributed by atoms with E-state index in [0.29, 0.717) is 5.75 Å². The zero-order valence-electron chi connectivity index (χ0n) is 13.2. The van der Waals surface area contributed by atoms with E-state index in [9.17, 15) is 4.39 Å². The molecule has 0 saturated carbocycles. The topological polar surface area (TPSA) is 44.5 Å². The summed E-state index contributed by atoms with van der Waals surface area (Å²) >= 11 is 0. The van der Waals surface area contributed by atoms with Crippen molar-refractivity contribution in [3.8, 4) is 5.75 Å². The molecule has 1 aromatic rings. The van der Waals surface area contributed by atoms with Gasteiger partial charge in [0, 0.05) is 11.1 Å². The van der Waals surface area contributed by atoms with Crippen LogP contribution in [-0.4, -0.2) is 18.8 Å². The first-order valence-corrected chi connectivity index (χ1v) is 7.73. The van der Waals surface area contributed by atoms with E-state index in [1.165, 1.54) is 12.1 Å². The van der Waals surface area contributed by atoms with Gasteiger partial charge in [0.05, 0.1) is 19.3 Å². The third-order valence-corrected chi connectivity index (χ3v) is 4.49. The molecule has 0 radical (unpaired) electrons. The monoisotopic (exact) mass is 295 g/mol. The van der Waals surface area contributed by atoms with Gasteiger partial charge in [0.25, 0.3) is 0 Å². The number of ether oxygens (including phenoxy) is 2. The van der Waals surface area contributed by atoms with Crippen LogP contribution in [0.3, 0.4) is 0 Å². The molecule has 0 spiro atoms. The average molecular weight is 295 g/mol. The number of hydrogen-bond acceptors (Lipinski definition) is 3. The zero-order chi connectivity index (χ0) is 15.5. The number of methoxy groups -OCH3 is 1. The van der Waals surface area contributed by atoms with E-state index in [2.05, 4.69) is 13.8 Å². The molecule has 4 heteroatoms. The minimum Gasteiger partial charge on any atom is -0.496 e. The molecular weight excluding hydrogens is 269 g/mol. The molecule has 1 heterocycles. The molecule has 2 N–H and O–H groups in total. The van der Waals surface area contributed by atoms with E-state index in [1.54, 1.807) is 13.2 Å². The standard InChI is InChI=1S/C17H26FNO2/c1-4-17(2,19)10-9-13-6-8-16(21-13)14-11-12(18)5-7-15(14)20-3/h5,7,11,13,16H,4,6,8-10,19H2,1-3H3/t13-,16?,17?/m1/s1. The molecule has 21 heavy (non-hydrogen) atoms. The van der Waals surface area contributed by atoms with Crippen LogP contribution in [0.5, 0.6) is 5.75 Å². The lowest BCUT2D eigenvalue weighted by Gasteiger charge is -2.24. The molecule has 2 rings (SSSR count). The number of rotatable bonds is 6. The molecule has 0 bridgehead atoms. The fourth-order valence-electron chi connectivity index (χ4n) is 2.77. The highest BCUT2D eigenvalue weighted by atomic mass is 19.1. The highest BCUT2D eigenvalue weighted by Gasteiger charge is 2.30. The van der Waals surface area contributed by atoms with Crippen LogP contribution in [0.15, 0.2) is 18.2 Å². The Morgan fingerprint density at radius 3 is 2.86 bits per heavy atom. The first-order valence-electron chi connectivity index (χ1n) is 7.73. The van der Waals surface area contributed by atoms with Gasteiger partial charge in [-0.3, -0.25) is 0 Å². The maximum absolute atomic E-state index is 13.5. The van der Waals surface area contributed by atoms with Gasteiger partial charge in [0.2, 0.25) is 0 Å². The highest BCUT2D eigenvalue weighted by Crippen LogP contribution is 2.39. The second-order valence-corrected chi connectivity index (χ2v) is 6.26. The van der Waals surface area contributed by atoms with Crippen LogP contribution >= 0.6 is 0 Å². The van der Waals surface area contributed by atoms with Gasteiger partial charge in [0.15, 0.2) is 0 Å². The van der Waals surface area contributed by atoms with Crippen LogP contribution in [-0.2, 0) is 4.74 Å². The summed E-state index contributed by atoms with van der Waals surface area (Å²) in [5.41, 5.74) is 6.86. The molecule has 0 aromatic heterocycles. The van der Waals surface area contributed by atoms with Crippen molar-refractivity contribution in [2.45, 2.75) is 63.7 Å². The fraction of sp³-hybridized carbons (Fsp3) is 0.647. The molecule has 3 nitrogen and oxygen atoms in total. The lowest BCUT2D eigenvalue weighted by molar-refractivity contribution is 0.0342. The van der Waals surface area contributed by atoms with Crippen molar-refractivity contribution in [3.63, 3.8) is 0 Å². The van der Waals surface area contributed by atoms with Crippen LogP contribution < -0.4 is 10.5 Å². The molecule has 3 atom stereocenters. The number of nitrogens with two attached hydrogens (primary N) is 1. The highest BCUT2D eigenvalue weighted by molar-refractivity contribution is 5.36.